The molecule has 3 N–H and O–H groups in total. The summed E-state index contributed by atoms with van der Waals surface area (Å²) >= 11 is 1.71. The van der Waals surface area contributed by atoms with Gasteiger partial charge in [0, 0.05) is 24.5 Å². The summed E-state index contributed by atoms with van der Waals surface area (Å²) in [5.41, 5.74) is 2.40. The van der Waals surface area contributed by atoms with E-state index in [2.05, 4.69) is 52.3 Å². The lowest BCUT2D eigenvalue weighted by atomic mass is 10.1. The van der Waals surface area contributed by atoms with Crippen molar-refractivity contribution in [2.45, 2.75) is 25.3 Å². The zero-order valence-electron chi connectivity index (χ0n) is 14.9. The van der Waals surface area contributed by atoms with Gasteiger partial charge in [-0.05, 0) is 37.3 Å². The van der Waals surface area contributed by atoms with Gasteiger partial charge in [-0.2, -0.15) is 0 Å². The number of thioether (sulfide) groups is 1. The number of imide groups is 1. The smallest absolute Gasteiger partial charge is 0.324 e. The number of rotatable bonds is 7. The number of carbonyl (C=O) groups is 2. The highest BCUT2D eigenvalue weighted by Gasteiger charge is 2.27. The number of guanidine groups is 1. The Kier molecular flexibility index (Phi) is 7.12. The van der Waals surface area contributed by atoms with E-state index < -0.39 is 0 Å². The van der Waals surface area contributed by atoms with Gasteiger partial charge in [0.1, 0.15) is 0 Å². The SMILES string of the molecule is CCNC(=NCc1ccc(C)cc1SC)NCCN1C(=O)CNC1=O. The maximum absolute atomic E-state index is 11.6. The number of hydrogen-bond donors (Lipinski definition) is 3. The molecule has 0 unspecified atom stereocenters. The monoisotopic (exact) mass is 363 g/mol. The topological polar surface area (TPSA) is 85.8 Å². The Hall–Kier alpha value is -2.22. The van der Waals surface area contributed by atoms with Crippen molar-refractivity contribution in [1.82, 2.24) is 20.9 Å². The summed E-state index contributed by atoms with van der Waals surface area (Å²) < 4.78 is 0. The zero-order valence-corrected chi connectivity index (χ0v) is 15.7. The molecule has 25 heavy (non-hydrogen) atoms. The summed E-state index contributed by atoms with van der Waals surface area (Å²) in [6.45, 7) is 6.22. The first-order valence-electron chi connectivity index (χ1n) is 8.29. The minimum absolute atomic E-state index is 0.0812. The third kappa shape index (κ3) is 5.38. The largest absolute Gasteiger partial charge is 0.357 e. The van der Waals surface area contributed by atoms with Crippen molar-refractivity contribution in [2.75, 3.05) is 32.4 Å². The van der Waals surface area contributed by atoms with E-state index in [-0.39, 0.29) is 18.5 Å². The number of nitrogens with one attached hydrogen (secondary N) is 3. The molecule has 0 aromatic heterocycles. The molecule has 0 aliphatic carbocycles. The van der Waals surface area contributed by atoms with Crippen molar-refractivity contribution < 1.29 is 9.59 Å². The predicted octanol–water partition coefficient (Wildman–Crippen LogP) is 1.32. The first-order chi connectivity index (χ1) is 12.0. The molecule has 1 aromatic rings. The number of benzene rings is 1. The van der Waals surface area contributed by atoms with Crippen molar-refractivity contribution in [1.29, 1.82) is 0 Å². The van der Waals surface area contributed by atoms with Gasteiger partial charge in [-0.25, -0.2) is 9.79 Å². The van der Waals surface area contributed by atoms with Crippen LogP contribution in [-0.2, 0) is 11.3 Å². The molecule has 1 aliphatic rings. The predicted molar refractivity (Wildman–Crippen MR) is 101 cm³/mol. The van der Waals surface area contributed by atoms with Crippen LogP contribution < -0.4 is 16.0 Å². The molecule has 1 fully saturated rings. The van der Waals surface area contributed by atoms with E-state index in [0.29, 0.717) is 25.6 Å². The number of aliphatic imine (C=N–C) groups is 1. The third-order valence-corrected chi connectivity index (χ3v) is 4.58. The minimum atomic E-state index is -0.335. The first kappa shape index (κ1) is 19.1. The molecular weight excluding hydrogens is 338 g/mol. The molecule has 1 heterocycles. The molecule has 0 bridgehead atoms. The maximum Gasteiger partial charge on any atom is 0.324 e. The lowest BCUT2D eigenvalue weighted by molar-refractivity contribution is -0.124. The fraction of sp³-hybridized carbons (Fsp3) is 0.471. The minimum Gasteiger partial charge on any atom is -0.357 e. The third-order valence-electron chi connectivity index (χ3n) is 3.76. The van der Waals surface area contributed by atoms with Crippen LogP contribution >= 0.6 is 11.8 Å². The van der Waals surface area contributed by atoms with E-state index in [0.717, 1.165) is 6.54 Å². The van der Waals surface area contributed by atoms with Crippen LogP contribution in [0.2, 0.25) is 0 Å². The van der Waals surface area contributed by atoms with E-state index >= 15 is 0 Å². The average molecular weight is 363 g/mol. The van der Waals surface area contributed by atoms with E-state index in [4.69, 9.17) is 0 Å². The molecule has 7 nitrogen and oxygen atoms in total. The lowest BCUT2D eigenvalue weighted by Gasteiger charge is -2.15. The zero-order chi connectivity index (χ0) is 18.2. The molecule has 8 heteroatoms. The Morgan fingerprint density at radius 3 is 2.80 bits per heavy atom. The average Bonchev–Trinajstić information content (AvgIpc) is 2.92. The van der Waals surface area contributed by atoms with Crippen LogP contribution in [0.25, 0.3) is 0 Å². The van der Waals surface area contributed by atoms with Gasteiger partial charge in [-0.1, -0.05) is 12.1 Å². The molecule has 1 aliphatic heterocycles. The quantitative estimate of drug-likeness (QED) is 0.294. The Morgan fingerprint density at radius 1 is 1.36 bits per heavy atom. The number of urea groups is 1. The van der Waals surface area contributed by atoms with E-state index in [9.17, 15) is 9.59 Å². The highest BCUT2D eigenvalue weighted by Crippen LogP contribution is 2.22. The molecule has 1 saturated heterocycles. The number of carbonyl (C=O) groups excluding carboxylic acids is 2. The van der Waals surface area contributed by atoms with Crippen LogP contribution in [0, 0.1) is 6.92 Å². The summed E-state index contributed by atoms with van der Waals surface area (Å²) in [6.07, 6.45) is 2.06. The van der Waals surface area contributed by atoms with E-state index in [1.165, 1.54) is 20.9 Å². The Bertz CT molecular complexity index is 646. The fourth-order valence-corrected chi connectivity index (χ4v) is 3.15. The standard InChI is InChI=1S/C17H25N5O2S/c1-4-18-16(19-7-8-22-15(23)11-21-17(22)24)20-10-13-6-5-12(2)9-14(13)25-3/h5-6,9H,4,7-8,10-11H2,1-3H3,(H,21,24)(H2,18,19,20). The summed E-state index contributed by atoms with van der Waals surface area (Å²) in [5, 5.41) is 8.85. The molecule has 3 amide bonds. The van der Waals surface area contributed by atoms with Crippen LogP contribution in [0.4, 0.5) is 4.79 Å². The van der Waals surface area contributed by atoms with Gasteiger partial charge in [-0.3, -0.25) is 9.69 Å². The Morgan fingerprint density at radius 2 is 2.16 bits per heavy atom. The molecule has 2 rings (SSSR count). The first-order valence-corrected chi connectivity index (χ1v) is 9.51. The summed E-state index contributed by atoms with van der Waals surface area (Å²) in [7, 11) is 0. The normalized spacial score (nSPS) is 14.7. The van der Waals surface area contributed by atoms with Gasteiger partial charge in [0.25, 0.3) is 0 Å². The number of amides is 3. The molecule has 0 radical (unpaired) electrons. The maximum atomic E-state index is 11.6. The molecule has 0 spiro atoms. The van der Waals surface area contributed by atoms with Crippen molar-refractivity contribution in [3.8, 4) is 0 Å². The van der Waals surface area contributed by atoms with Crippen LogP contribution in [0.5, 0.6) is 0 Å². The Labute approximate surface area is 152 Å². The van der Waals surface area contributed by atoms with Gasteiger partial charge in [0.2, 0.25) is 5.91 Å². The van der Waals surface area contributed by atoms with Crippen LogP contribution in [0.1, 0.15) is 18.1 Å². The van der Waals surface area contributed by atoms with Crippen molar-refractivity contribution >= 4 is 29.7 Å². The second-order valence-electron chi connectivity index (χ2n) is 5.64. The van der Waals surface area contributed by atoms with Crippen LogP contribution in [-0.4, -0.2) is 55.2 Å². The van der Waals surface area contributed by atoms with Crippen LogP contribution in [0.3, 0.4) is 0 Å². The molecule has 136 valence electrons. The summed E-state index contributed by atoms with van der Waals surface area (Å²) in [6, 6.07) is 6.01. The molecular formula is C17H25N5O2S. The van der Waals surface area contributed by atoms with E-state index in [1.807, 2.05) is 6.92 Å². The van der Waals surface area contributed by atoms with Crippen molar-refractivity contribution in [2.24, 2.45) is 4.99 Å². The van der Waals surface area contributed by atoms with Crippen LogP contribution in [0.15, 0.2) is 28.1 Å². The second kappa shape index (κ2) is 9.31. The summed E-state index contributed by atoms with van der Waals surface area (Å²) in [5.74, 6) is 0.472. The highest BCUT2D eigenvalue weighted by atomic mass is 32.2. The van der Waals surface area contributed by atoms with Crippen molar-refractivity contribution in [3.05, 3.63) is 29.3 Å². The van der Waals surface area contributed by atoms with Gasteiger partial charge in [0.05, 0.1) is 13.1 Å². The second-order valence-corrected chi connectivity index (χ2v) is 6.49. The number of nitrogens with zero attached hydrogens (tertiary/aromatic N) is 2. The highest BCUT2D eigenvalue weighted by molar-refractivity contribution is 7.98. The van der Waals surface area contributed by atoms with E-state index in [1.54, 1.807) is 11.8 Å². The van der Waals surface area contributed by atoms with Gasteiger partial charge < -0.3 is 16.0 Å². The molecule has 0 saturated carbocycles. The Balaban J connectivity index is 1.94. The lowest BCUT2D eigenvalue weighted by Crippen LogP contribution is -2.43. The molecule has 1 aromatic carbocycles. The van der Waals surface area contributed by atoms with Gasteiger partial charge in [0.15, 0.2) is 5.96 Å². The number of hydrogen-bond acceptors (Lipinski definition) is 4. The summed E-state index contributed by atoms with van der Waals surface area (Å²) in [4.78, 5) is 30.1. The van der Waals surface area contributed by atoms with Gasteiger partial charge in [-0.15, -0.1) is 11.8 Å². The van der Waals surface area contributed by atoms with Gasteiger partial charge >= 0.3 is 6.03 Å². The fourth-order valence-electron chi connectivity index (χ4n) is 2.46. The van der Waals surface area contributed by atoms with Crippen molar-refractivity contribution in [3.63, 3.8) is 0 Å². The molecule has 0 atom stereocenters. The number of aryl methyl sites for hydroxylation is 1.